The zero-order valence-electron chi connectivity index (χ0n) is 10.9. The second-order valence-electron chi connectivity index (χ2n) is 4.93. The molecule has 0 aliphatic carbocycles. The van der Waals surface area contributed by atoms with Crippen molar-refractivity contribution in [3.05, 3.63) is 24.0 Å². The van der Waals surface area contributed by atoms with Gasteiger partial charge in [-0.1, -0.05) is 12.5 Å². The van der Waals surface area contributed by atoms with Gasteiger partial charge in [-0.3, -0.25) is 0 Å². The van der Waals surface area contributed by atoms with Crippen LogP contribution in [-0.2, 0) is 0 Å². The Labute approximate surface area is 108 Å². The Bertz CT molecular complexity index is 377. The highest BCUT2D eigenvalue weighted by Gasteiger charge is 2.18. The summed E-state index contributed by atoms with van der Waals surface area (Å²) in [7, 11) is 2.14. The van der Waals surface area contributed by atoms with E-state index in [2.05, 4.69) is 11.9 Å². The Hall–Kier alpha value is -1.29. The summed E-state index contributed by atoms with van der Waals surface area (Å²) in [5.41, 5.74) is 6.06. The first-order valence-electron chi connectivity index (χ1n) is 6.55. The van der Waals surface area contributed by atoms with Gasteiger partial charge in [0.05, 0.1) is 12.3 Å². The van der Waals surface area contributed by atoms with Gasteiger partial charge in [0.15, 0.2) is 11.6 Å². The fourth-order valence-electron chi connectivity index (χ4n) is 2.48. The molecular formula is C14H21FN2O. The largest absolute Gasteiger partial charge is 0.488 e. The molecule has 1 fully saturated rings. The number of hydrogen-bond donors (Lipinski definition) is 1. The maximum absolute atomic E-state index is 13.5. The Kier molecular flexibility index (Phi) is 4.42. The van der Waals surface area contributed by atoms with E-state index in [9.17, 15) is 4.39 Å². The Morgan fingerprint density at radius 2 is 2.28 bits per heavy atom. The molecule has 4 heteroatoms. The van der Waals surface area contributed by atoms with E-state index in [4.69, 9.17) is 10.5 Å². The average Bonchev–Trinajstić information content (AvgIpc) is 2.35. The Balaban J connectivity index is 1.84. The highest BCUT2D eigenvalue weighted by Crippen LogP contribution is 2.25. The maximum atomic E-state index is 13.5. The van der Waals surface area contributed by atoms with Crippen LogP contribution in [-0.4, -0.2) is 31.1 Å². The van der Waals surface area contributed by atoms with Crippen LogP contribution in [0.2, 0.25) is 0 Å². The highest BCUT2D eigenvalue weighted by atomic mass is 19.1. The number of para-hydroxylation sites is 1. The lowest BCUT2D eigenvalue weighted by molar-refractivity contribution is 0.152. The Morgan fingerprint density at radius 1 is 1.44 bits per heavy atom. The van der Waals surface area contributed by atoms with Crippen molar-refractivity contribution in [3.63, 3.8) is 0 Å². The van der Waals surface area contributed by atoms with Gasteiger partial charge in [-0.2, -0.15) is 0 Å². The second-order valence-corrected chi connectivity index (χ2v) is 4.93. The lowest BCUT2D eigenvalue weighted by Crippen LogP contribution is -2.37. The second kappa shape index (κ2) is 6.05. The zero-order valence-corrected chi connectivity index (χ0v) is 10.9. The molecular weight excluding hydrogens is 231 g/mol. The summed E-state index contributed by atoms with van der Waals surface area (Å²) in [6, 6.07) is 5.17. The summed E-state index contributed by atoms with van der Waals surface area (Å²) in [4.78, 5) is 2.36. The third kappa shape index (κ3) is 3.13. The summed E-state index contributed by atoms with van der Waals surface area (Å²) >= 11 is 0. The molecule has 1 saturated heterocycles. The standard InChI is InChI=1S/C14H21FN2O/c1-17-9-3-2-5-11(17)8-10-18-14-12(15)6-4-7-13(14)16/h4,6-7,11H,2-3,5,8-10,16H2,1H3. The molecule has 1 aromatic carbocycles. The van der Waals surface area contributed by atoms with Crippen LogP contribution in [0.5, 0.6) is 5.75 Å². The minimum Gasteiger partial charge on any atom is -0.488 e. The monoisotopic (exact) mass is 252 g/mol. The minimum atomic E-state index is -0.382. The lowest BCUT2D eigenvalue weighted by Gasteiger charge is -2.32. The molecule has 0 radical (unpaired) electrons. The maximum Gasteiger partial charge on any atom is 0.177 e. The van der Waals surface area contributed by atoms with Crippen LogP contribution < -0.4 is 10.5 Å². The topological polar surface area (TPSA) is 38.5 Å². The van der Waals surface area contributed by atoms with Gasteiger partial charge in [0.1, 0.15) is 0 Å². The van der Waals surface area contributed by atoms with E-state index >= 15 is 0 Å². The predicted molar refractivity (Wildman–Crippen MR) is 71.2 cm³/mol. The van der Waals surface area contributed by atoms with Gasteiger partial charge < -0.3 is 15.4 Å². The summed E-state index contributed by atoms with van der Waals surface area (Å²) < 4.78 is 19.0. The van der Waals surface area contributed by atoms with Crippen molar-refractivity contribution in [2.75, 3.05) is 25.9 Å². The van der Waals surface area contributed by atoms with Crippen molar-refractivity contribution in [1.82, 2.24) is 4.90 Å². The molecule has 2 N–H and O–H groups in total. The fraction of sp³-hybridized carbons (Fsp3) is 0.571. The molecule has 1 unspecified atom stereocenters. The van der Waals surface area contributed by atoms with Gasteiger partial charge in [0, 0.05) is 6.04 Å². The normalized spacial score (nSPS) is 20.9. The average molecular weight is 252 g/mol. The summed E-state index contributed by atoms with van der Waals surface area (Å²) in [5, 5.41) is 0. The SMILES string of the molecule is CN1CCCCC1CCOc1c(N)cccc1F. The molecule has 2 rings (SSSR count). The molecule has 100 valence electrons. The van der Waals surface area contributed by atoms with E-state index in [1.165, 1.54) is 25.3 Å². The molecule has 1 aliphatic heterocycles. The van der Waals surface area contributed by atoms with Crippen LogP contribution in [0.3, 0.4) is 0 Å². The van der Waals surface area contributed by atoms with Gasteiger partial charge in [0.2, 0.25) is 0 Å². The number of rotatable bonds is 4. The number of hydrogen-bond acceptors (Lipinski definition) is 3. The lowest BCUT2D eigenvalue weighted by atomic mass is 10.0. The molecule has 1 aromatic rings. The summed E-state index contributed by atoms with van der Waals surface area (Å²) in [6.45, 7) is 1.66. The molecule has 1 aliphatic rings. The number of likely N-dealkylation sites (tertiary alicyclic amines) is 1. The third-order valence-electron chi connectivity index (χ3n) is 3.62. The van der Waals surface area contributed by atoms with Crippen LogP contribution >= 0.6 is 0 Å². The first-order chi connectivity index (χ1) is 8.68. The number of halogens is 1. The number of nitrogens with two attached hydrogens (primary N) is 1. The molecule has 18 heavy (non-hydrogen) atoms. The highest BCUT2D eigenvalue weighted by molar-refractivity contribution is 5.52. The van der Waals surface area contributed by atoms with Crippen molar-refractivity contribution >= 4 is 5.69 Å². The number of piperidine rings is 1. The number of ether oxygens (including phenoxy) is 1. The first kappa shape index (κ1) is 13.1. The smallest absolute Gasteiger partial charge is 0.177 e. The number of nitrogens with zero attached hydrogens (tertiary/aromatic N) is 1. The van der Waals surface area contributed by atoms with Gasteiger partial charge >= 0.3 is 0 Å². The fourth-order valence-corrected chi connectivity index (χ4v) is 2.48. The summed E-state index contributed by atoms with van der Waals surface area (Å²) in [5.74, 6) is -0.192. The minimum absolute atomic E-state index is 0.191. The molecule has 0 bridgehead atoms. The first-order valence-corrected chi connectivity index (χ1v) is 6.55. The van der Waals surface area contributed by atoms with Crippen molar-refractivity contribution in [1.29, 1.82) is 0 Å². The predicted octanol–water partition coefficient (Wildman–Crippen LogP) is 2.66. The van der Waals surface area contributed by atoms with E-state index in [0.717, 1.165) is 13.0 Å². The third-order valence-corrected chi connectivity index (χ3v) is 3.62. The number of nitrogen functional groups attached to an aromatic ring is 1. The zero-order chi connectivity index (χ0) is 13.0. The van der Waals surface area contributed by atoms with E-state index in [-0.39, 0.29) is 11.6 Å². The number of benzene rings is 1. The van der Waals surface area contributed by atoms with Crippen LogP contribution in [0.1, 0.15) is 25.7 Å². The molecule has 1 atom stereocenters. The van der Waals surface area contributed by atoms with Crippen LogP contribution in [0.15, 0.2) is 18.2 Å². The van der Waals surface area contributed by atoms with Crippen LogP contribution in [0, 0.1) is 5.82 Å². The van der Waals surface area contributed by atoms with Crippen molar-refractivity contribution in [2.45, 2.75) is 31.7 Å². The molecule has 0 spiro atoms. The molecule has 1 heterocycles. The van der Waals surface area contributed by atoms with Crippen LogP contribution in [0.25, 0.3) is 0 Å². The number of anilines is 1. The molecule has 0 saturated carbocycles. The van der Waals surface area contributed by atoms with Gasteiger partial charge in [0.25, 0.3) is 0 Å². The van der Waals surface area contributed by atoms with Gasteiger partial charge in [-0.15, -0.1) is 0 Å². The van der Waals surface area contributed by atoms with Crippen LogP contribution in [0.4, 0.5) is 10.1 Å². The van der Waals surface area contributed by atoms with Gasteiger partial charge in [-0.25, -0.2) is 4.39 Å². The van der Waals surface area contributed by atoms with Crippen molar-refractivity contribution < 1.29 is 9.13 Å². The van der Waals surface area contributed by atoms with Crippen molar-refractivity contribution in [2.24, 2.45) is 0 Å². The quantitative estimate of drug-likeness (QED) is 0.837. The van der Waals surface area contributed by atoms with E-state index in [1.54, 1.807) is 12.1 Å². The molecule has 0 amide bonds. The molecule has 3 nitrogen and oxygen atoms in total. The van der Waals surface area contributed by atoms with E-state index < -0.39 is 0 Å². The Morgan fingerprint density at radius 3 is 3.00 bits per heavy atom. The van der Waals surface area contributed by atoms with Crippen molar-refractivity contribution in [3.8, 4) is 5.75 Å². The van der Waals surface area contributed by atoms with Gasteiger partial charge in [-0.05, 0) is 45.0 Å². The summed E-state index contributed by atoms with van der Waals surface area (Å²) in [6.07, 6.45) is 4.67. The van der Waals surface area contributed by atoms with E-state index in [0.29, 0.717) is 18.3 Å². The molecule has 0 aromatic heterocycles. The van der Waals surface area contributed by atoms with E-state index in [1.807, 2.05) is 0 Å².